The first-order valence-electron chi connectivity index (χ1n) is 7.41. The van der Waals surface area contributed by atoms with Gasteiger partial charge in [0.05, 0.1) is 12.1 Å². The molecule has 2 aliphatic rings. The number of hydrogen-bond donors (Lipinski definition) is 2. The summed E-state index contributed by atoms with van der Waals surface area (Å²) in [5.74, 6) is 0.228. The third kappa shape index (κ3) is 3.95. The highest BCUT2D eigenvalue weighted by atomic mass is 16.5. The largest absolute Gasteiger partial charge is 0.377 e. The average Bonchev–Trinajstić information content (AvgIpc) is 2.72. The van der Waals surface area contributed by atoms with Crippen LogP contribution in [0.1, 0.15) is 51.4 Å². The van der Waals surface area contributed by atoms with Gasteiger partial charge in [0, 0.05) is 13.2 Å². The van der Waals surface area contributed by atoms with Crippen molar-refractivity contribution in [3.05, 3.63) is 0 Å². The van der Waals surface area contributed by atoms with Gasteiger partial charge >= 0.3 is 0 Å². The van der Waals surface area contributed by atoms with Gasteiger partial charge in [0.15, 0.2) is 0 Å². The van der Waals surface area contributed by atoms with E-state index in [0.717, 1.165) is 38.8 Å². The van der Waals surface area contributed by atoms with Crippen LogP contribution < -0.4 is 11.1 Å². The first-order valence-corrected chi connectivity index (χ1v) is 7.41. The smallest absolute Gasteiger partial charge is 0.234 e. The van der Waals surface area contributed by atoms with Crippen LogP contribution in [0.25, 0.3) is 0 Å². The van der Waals surface area contributed by atoms with Crippen LogP contribution in [0.2, 0.25) is 0 Å². The highest BCUT2D eigenvalue weighted by Gasteiger charge is 2.28. The van der Waals surface area contributed by atoms with E-state index in [9.17, 15) is 4.79 Å². The summed E-state index contributed by atoms with van der Waals surface area (Å²) in [4.78, 5) is 11.6. The molecule has 0 spiro atoms. The molecule has 1 aliphatic carbocycles. The molecule has 2 rings (SSSR count). The molecule has 2 atom stereocenters. The first-order chi connectivity index (χ1) is 8.77. The molecule has 3 N–H and O–H groups in total. The van der Waals surface area contributed by atoms with Crippen molar-refractivity contribution in [2.24, 2.45) is 11.7 Å². The van der Waals surface area contributed by atoms with Gasteiger partial charge in [-0.15, -0.1) is 0 Å². The number of nitrogens with two attached hydrogens (primary N) is 1. The van der Waals surface area contributed by atoms with E-state index in [2.05, 4.69) is 5.32 Å². The molecule has 0 radical (unpaired) electrons. The van der Waals surface area contributed by atoms with E-state index in [4.69, 9.17) is 10.5 Å². The first kappa shape index (κ1) is 13.8. The van der Waals surface area contributed by atoms with Crippen molar-refractivity contribution >= 4 is 5.91 Å². The van der Waals surface area contributed by atoms with Crippen LogP contribution >= 0.6 is 0 Å². The Morgan fingerprint density at radius 1 is 1.17 bits per heavy atom. The van der Waals surface area contributed by atoms with E-state index in [-0.39, 0.29) is 18.1 Å². The summed E-state index contributed by atoms with van der Waals surface area (Å²) >= 11 is 0. The minimum atomic E-state index is -0.195. The number of amides is 1. The molecule has 104 valence electrons. The second-order valence-corrected chi connectivity index (χ2v) is 5.67. The minimum Gasteiger partial charge on any atom is -0.377 e. The zero-order valence-corrected chi connectivity index (χ0v) is 11.2. The normalized spacial score (nSPS) is 27.9. The van der Waals surface area contributed by atoms with Crippen LogP contribution in [0.5, 0.6) is 0 Å². The SMILES string of the molecule is NC(=O)C(NCC1CCCO1)C1CCCCCC1. The molecule has 2 unspecified atom stereocenters. The summed E-state index contributed by atoms with van der Waals surface area (Å²) in [6.07, 6.45) is 9.84. The topological polar surface area (TPSA) is 64.4 Å². The van der Waals surface area contributed by atoms with Gasteiger partial charge in [0.25, 0.3) is 0 Å². The Bertz CT molecular complexity index is 257. The summed E-state index contributed by atoms with van der Waals surface area (Å²) < 4.78 is 5.58. The Morgan fingerprint density at radius 2 is 1.89 bits per heavy atom. The summed E-state index contributed by atoms with van der Waals surface area (Å²) in [6, 6.07) is -0.160. The quantitative estimate of drug-likeness (QED) is 0.732. The third-order valence-corrected chi connectivity index (χ3v) is 4.27. The Kier molecular flexibility index (Phi) is 5.45. The number of carbonyl (C=O) groups excluding carboxylic acids is 1. The average molecular weight is 254 g/mol. The van der Waals surface area contributed by atoms with Gasteiger partial charge in [-0.1, -0.05) is 25.7 Å². The van der Waals surface area contributed by atoms with Crippen molar-refractivity contribution in [1.29, 1.82) is 0 Å². The predicted molar refractivity (Wildman–Crippen MR) is 71.2 cm³/mol. The predicted octanol–water partition coefficient (Wildman–Crippen LogP) is 1.58. The molecule has 4 heteroatoms. The Balaban J connectivity index is 1.83. The lowest BCUT2D eigenvalue weighted by Crippen LogP contribution is -2.48. The molecule has 1 amide bonds. The molecule has 0 aromatic heterocycles. The van der Waals surface area contributed by atoms with Crippen molar-refractivity contribution < 1.29 is 9.53 Å². The van der Waals surface area contributed by atoms with E-state index in [1.54, 1.807) is 0 Å². The lowest BCUT2D eigenvalue weighted by atomic mass is 9.91. The number of rotatable bonds is 5. The molecule has 4 nitrogen and oxygen atoms in total. The van der Waals surface area contributed by atoms with E-state index < -0.39 is 0 Å². The maximum atomic E-state index is 11.6. The fraction of sp³-hybridized carbons (Fsp3) is 0.929. The zero-order valence-electron chi connectivity index (χ0n) is 11.2. The molecular weight excluding hydrogens is 228 g/mol. The van der Waals surface area contributed by atoms with Crippen molar-refractivity contribution in [2.75, 3.05) is 13.2 Å². The van der Waals surface area contributed by atoms with Crippen LogP contribution in [-0.4, -0.2) is 31.2 Å². The monoisotopic (exact) mass is 254 g/mol. The van der Waals surface area contributed by atoms with Gasteiger partial charge in [0.1, 0.15) is 0 Å². The summed E-state index contributed by atoms with van der Waals surface area (Å²) in [6.45, 7) is 1.63. The van der Waals surface area contributed by atoms with Crippen molar-refractivity contribution in [1.82, 2.24) is 5.32 Å². The van der Waals surface area contributed by atoms with Gasteiger partial charge in [-0.05, 0) is 31.6 Å². The molecular formula is C14H26N2O2. The lowest BCUT2D eigenvalue weighted by Gasteiger charge is -2.25. The second kappa shape index (κ2) is 7.10. The molecule has 1 saturated carbocycles. The summed E-state index contributed by atoms with van der Waals surface area (Å²) in [5, 5.41) is 3.36. The number of carbonyl (C=O) groups is 1. The fourth-order valence-electron chi connectivity index (χ4n) is 3.21. The van der Waals surface area contributed by atoms with Crippen LogP contribution in [0.4, 0.5) is 0 Å². The van der Waals surface area contributed by atoms with Gasteiger partial charge in [-0.3, -0.25) is 4.79 Å². The van der Waals surface area contributed by atoms with Crippen molar-refractivity contribution in [2.45, 2.75) is 63.5 Å². The Labute approximate surface area is 110 Å². The van der Waals surface area contributed by atoms with Gasteiger partial charge < -0.3 is 15.8 Å². The highest BCUT2D eigenvalue weighted by molar-refractivity contribution is 5.80. The lowest BCUT2D eigenvalue weighted by molar-refractivity contribution is -0.121. The van der Waals surface area contributed by atoms with E-state index in [1.165, 1.54) is 25.7 Å². The number of hydrogen-bond acceptors (Lipinski definition) is 3. The van der Waals surface area contributed by atoms with E-state index >= 15 is 0 Å². The van der Waals surface area contributed by atoms with Crippen LogP contribution in [0.15, 0.2) is 0 Å². The maximum Gasteiger partial charge on any atom is 0.234 e. The number of ether oxygens (including phenoxy) is 1. The molecule has 18 heavy (non-hydrogen) atoms. The zero-order chi connectivity index (χ0) is 12.8. The number of nitrogens with one attached hydrogen (secondary N) is 1. The molecule has 1 aliphatic heterocycles. The highest BCUT2D eigenvalue weighted by Crippen LogP contribution is 2.25. The molecule has 0 aromatic rings. The van der Waals surface area contributed by atoms with Crippen LogP contribution in [-0.2, 0) is 9.53 Å². The van der Waals surface area contributed by atoms with Crippen LogP contribution in [0, 0.1) is 5.92 Å². The number of primary amides is 1. The molecule has 1 saturated heterocycles. The van der Waals surface area contributed by atoms with E-state index in [1.807, 2.05) is 0 Å². The second-order valence-electron chi connectivity index (χ2n) is 5.67. The minimum absolute atomic E-state index is 0.160. The molecule has 2 fully saturated rings. The molecule has 1 heterocycles. The Morgan fingerprint density at radius 3 is 2.44 bits per heavy atom. The van der Waals surface area contributed by atoms with Crippen molar-refractivity contribution in [3.8, 4) is 0 Å². The summed E-state index contributed by atoms with van der Waals surface area (Å²) in [7, 11) is 0. The van der Waals surface area contributed by atoms with Gasteiger partial charge in [-0.25, -0.2) is 0 Å². The van der Waals surface area contributed by atoms with Gasteiger partial charge in [-0.2, -0.15) is 0 Å². The maximum absolute atomic E-state index is 11.6. The van der Waals surface area contributed by atoms with Gasteiger partial charge in [0.2, 0.25) is 5.91 Å². The molecule has 0 aromatic carbocycles. The third-order valence-electron chi connectivity index (χ3n) is 4.27. The summed E-state index contributed by atoms with van der Waals surface area (Å²) in [5.41, 5.74) is 5.56. The Hall–Kier alpha value is -0.610. The van der Waals surface area contributed by atoms with Crippen molar-refractivity contribution in [3.63, 3.8) is 0 Å². The van der Waals surface area contributed by atoms with E-state index in [0.29, 0.717) is 5.92 Å². The molecule has 0 bridgehead atoms. The van der Waals surface area contributed by atoms with Crippen LogP contribution in [0.3, 0.4) is 0 Å². The standard InChI is InChI=1S/C14H26N2O2/c15-14(17)13(11-6-3-1-2-4-7-11)16-10-12-8-5-9-18-12/h11-13,16H,1-10H2,(H2,15,17). The fourth-order valence-corrected chi connectivity index (χ4v) is 3.21.